The van der Waals surface area contributed by atoms with Gasteiger partial charge in [-0.2, -0.15) is 0 Å². The van der Waals surface area contributed by atoms with Gasteiger partial charge in [0.15, 0.2) is 0 Å². The Balaban J connectivity index is 4.38. The normalized spacial score (nSPS) is 22.1. The highest BCUT2D eigenvalue weighted by Gasteiger charge is 2.64. The summed E-state index contributed by atoms with van der Waals surface area (Å²) in [6.07, 6.45) is 0. The summed E-state index contributed by atoms with van der Waals surface area (Å²) in [5.74, 6) is -2.42. The minimum Gasteiger partial charge on any atom is -0.395 e. The summed E-state index contributed by atoms with van der Waals surface area (Å²) in [6, 6.07) is 0. The first-order valence-electron chi connectivity index (χ1n) is 2.41. The van der Waals surface area contributed by atoms with Gasteiger partial charge in [0, 0.05) is 0 Å². The maximum Gasteiger partial charge on any atom is 0.287 e. The van der Waals surface area contributed by atoms with E-state index in [1.165, 1.54) is 0 Å². The van der Waals surface area contributed by atoms with Crippen LogP contribution < -0.4 is 0 Å². The van der Waals surface area contributed by atoms with E-state index in [2.05, 4.69) is 0 Å². The summed E-state index contributed by atoms with van der Waals surface area (Å²) in [5, 5.41) is 6.01. The van der Waals surface area contributed by atoms with Crippen LogP contribution in [0.25, 0.3) is 0 Å². The van der Waals surface area contributed by atoms with Crippen molar-refractivity contribution < 1.29 is 24.5 Å². The molecular formula is C3H6ClF5OS. The molecule has 0 saturated heterocycles. The lowest BCUT2D eigenvalue weighted by molar-refractivity contribution is 0.287. The van der Waals surface area contributed by atoms with Gasteiger partial charge >= 0.3 is 0 Å². The second-order valence-corrected chi connectivity index (χ2v) is 5.28. The van der Waals surface area contributed by atoms with E-state index in [1.54, 1.807) is 0 Å². The molecule has 0 aliphatic heterocycles. The van der Waals surface area contributed by atoms with E-state index in [0.29, 0.717) is 0 Å². The molecule has 1 N–H and O–H groups in total. The van der Waals surface area contributed by atoms with Gasteiger partial charge in [-0.05, 0) is 0 Å². The summed E-state index contributed by atoms with van der Waals surface area (Å²) in [7, 11) is -9.42. The number of aliphatic hydroxyl groups is 1. The molecule has 0 aromatic rings. The van der Waals surface area contributed by atoms with Crippen LogP contribution in [0.2, 0.25) is 0 Å². The molecule has 0 aromatic carbocycles. The van der Waals surface area contributed by atoms with Crippen LogP contribution in [0.15, 0.2) is 0 Å². The van der Waals surface area contributed by atoms with Gasteiger partial charge in [0.2, 0.25) is 0 Å². The number of hydrogen-bond donors (Lipinski definition) is 1. The molecule has 0 aromatic heterocycles. The maximum atomic E-state index is 11.5. The zero-order chi connectivity index (χ0) is 9.40. The van der Waals surface area contributed by atoms with Crippen LogP contribution in [0, 0.1) is 0 Å². The maximum absolute atomic E-state index is 11.5. The Kier molecular flexibility index (Phi) is 2.19. The second kappa shape index (κ2) is 2.14. The molecule has 11 heavy (non-hydrogen) atoms. The van der Waals surface area contributed by atoms with Gasteiger partial charge in [0.05, 0.1) is 12.0 Å². The summed E-state index contributed by atoms with van der Waals surface area (Å²) in [6.45, 7) is -1.12. The predicted molar refractivity (Wildman–Crippen MR) is 34.7 cm³/mol. The fourth-order valence-corrected chi connectivity index (χ4v) is 1.90. The van der Waals surface area contributed by atoms with E-state index >= 15 is 0 Å². The lowest BCUT2D eigenvalue weighted by Crippen LogP contribution is -2.22. The molecule has 8 heteroatoms. The standard InChI is InChI=1S/C3H6ClF5OS/c4-3(1-10)2-11(5,6,7,8)9/h3,10H,1-2H2. The van der Waals surface area contributed by atoms with E-state index < -0.39 is 28.0 Å². The lowest BCUT2D eigenvalue weighted by Gasteiger charge is -2.41. The van der Waals surface area contributed by atoms with Crippen LogP contribution in [0.4, 0.5) is 19.4 Å². The van der Waals surface area contributed by atoms with Crippen molar-refractivity contribution in [1.82, 2.24) is 0 Å². The van der Waals surface area contributed by atoms with Gasteiger partial charge in [0.25, 0.3) is 10.2 Å². The molecule has 0 saturated carbocycles. The van der Waals surface area contributed by atoms with Gasteiger partial charge in [0.1, 0.15) is 5.75 Å². The third-order valence-electron chi connectivity index (χ3n) is 0.694. The number of halogens is 6. The van der Waals surface area contributed by atoms with E-state index in [4.69, 9.17) is 16.7 Å². The summed E-state index contributed by atoms with van der Waals surface area (Å²) >= 11 is 4.71. The third-order valence-corrected chi connectivity index (χ3v) is 2.20. The quantitative estimate of drug-likeness (QED) is 0.573. The molecular weight excluding hydrogens is 215 g/mol. The molecule has 0 rings (SSSR count). The largest absolute Gasteiger partial charge is 0.395 e. The molecule has 0 aliphatic rings. The van der Waals surface area contributed by atoms with Gasteiger partial charge in [-0.3, -0.25) is 0 Å². The minimum atomic E-state index is -9.42. The van der Waals surface area contributed by atoms with Crippen LogP contribution in [0.5, 0.6) is 0 Å². The first-order chi connectivity index (χ1) is 4.43. The Bertz CT molecular complexity index is 150. The Morgan fingerprint density at radius 3 is 1.64 bits per heavy atom. The number of alkyl halides is 1. The Morgan fingerprint density at radius 1 is 1.18 bits per heavy atom. The van der Waals surface area contributed by atoms with Crippen LogP contribution in [0.1, 0.15) is 0 Å². The first-order valence-corrected chi connectivity index (χ1v) is 4.97. The molecule has 0 bridgehead atoms. The van der Waals surface area contributed by atoms with E-state index in [9.17, 15) is 19.4 Å². The Hall–Kier alpha value is 0.250. The smallest absolute Gasteiger partial charge is 0.287 e. The SMILES string of the molecule is OCC(Cl)CS(F)(F)(F)(F)F. The fourth-order valence-electron chi connectivity index (χ4n) is 0.394. The van der Waals surface area contributed by atoms with Gasteiger partial charge in [-0.15, -0.1) is 11.6 Å². The van der Waals surface area contributed by atoms with Crippen LogP contribution >= 0.6 is 21.8 Å². The zero-order valence-electron chi connectivity index (χ0n) is 5.11. The van der Waals surface area contributed by atoms with E-state index in [-0.39, 0.29) is 0 Å². The molecule has 0 amide bonds. The molecule has 0 aliphatic carbocycles. The van der Waals surface area contributed by atoms with Crippen LogP contribution in [-0.2, 0) is 0 Å². The summed E-state index contributed by atoms with van der Waals surface area (Å²) < 4.78 is 57.3. The Labute approximate surface area is 64.9 Å². The minimum absolute atomic E-state index is 1.12. The zero-order valence-corrected chi connectivity index (χ0v) is 6.69. The van der Waals surface area contributed by atoms with Crippen molar-refractivity contribution in [3.05, 3.63) is 0 Å². The fraction of sp³-hybridized carbons (Fsp3) is 1.00. The number of hydrogen-bond acceptors (Lipinski definition) is 1. The topological polar surface area (TPSA) is 20.2 Å². The van der Waals surface area contributed by atoms with Crippen molar-refractivity contribution in [2.24, 2.45) is 0 Å². The lowest BCUT2D eigenvalue weighted by atomic mass is 10.5. The molecule has 1 unspecified atom stereocenters. The molecule has 1 atom stereocenters. The molecule has 1 nitrogen and oxygen atoms in total. The Morgan fingerprint density at radius 2 is 1.55 bits per heavy atom. The average Bonchev–Trinajstić information content (AvgIpc) is 1.57. The highest BCUT2D eigenvalue weighted by Crippen LogP contribution is 2.97. The van der Waals surface area contributed by atoms with Crippen molar-refractivity contribution >= 4 is 21.8 Å². The highest BCUT2D eigenvalue weighted by atomic mass is 35.5. The predicted octanol–water partition coefficient (Wildman–Crippen LogP) is 2.88. The van der Waals surface area contributed by atoms with E-state index in [1.807, 2.05) is 0 Å². The molecule has 0 fully saturated rings. The summed E-state index contributed by atoms with van der Waals surface area (Å²) in [5.41, 5.74) is 0. The molecule has 0 radical (unpaired) electrons. The summed E-state index contributed by atoms with van der Waals surface area (Å²) in [4.78, 5) is 0. The molecule has 0 spiro atoms. The van der Waals surface area contributed by atoms with Gasteiger partial charge in [-0.1, -0.05) is 19.4 Å². The van der Waals surface area contributed by atoms with Crippen molar-refractivity contribution in [2.45, 2.75) is 5.38 Å². The second-order valence-electron chi connectivity index (χ2n) is 2.08. The van der Waals surface area contributed by atoms with Crippen LogP contribution in [-0.4, -0.2) is 22.8 Å². The van der Waals surface area contributed by atoms with Crippen molar-refractivity contribution in [2.75, 3.05) is 12.4 Å². The van der Waals surface area contributed by atoms with Crippen LogP contribution in [0.3, 0.4) is 0 Å². The van der Waals surface area contributed by atoms with Crippen molar-refractivity contribution in [3.8, 4) is 0 Å². The third kappa shape index (κ3) is 8.15. The average molecular weight is 221 g/mol. The molecule has 72 valence electrons. The highest BCUT2D eigenvalue weighted by molar-refractivity contribution is 8.45. The van der Waals surface area contributed by atoms with E-state index in [0.717, 1.165) is 0 Å². The van der Waals surface area contributed by atoms with Crippen molar-refractivity contribution in [3.63, 3.8) is 0 Å². The van der Waals surface area contributed by atoms with Gasteiger partial charge < -0.3 is 5.11 Å². The monoisotopic (exact) mass is 220 g/mol. The van der Waals surface area contributed by atoms with Crippen molar-refractivity contribution in [1.29, 1.82) is 0 Å². The van der Waals surface area contributed by atoms with Gasteiger partial charge in [-0.25, -0.2) is 0 Å². The molecule has 0 heterocycles. The number of aliphatic hydroxyl groups excluding tert-OH is 1. The first kappa shape index (κ1) is 11.2. The number of rotatable bonds is 3.